The summed E-state index contributed by atoms with van der Waals surface area (Å²) in [6, 6.07) is 12.0. The van der Waals surface area contributed by atoms with Crippen LogP contribution in [0.25, 0.3) is 6.08 Å². The molecule has 0 radical (unpaired) electrons. The molecule has 2 fully saturated rings. The molecule has 0 spiro atoms. The second-order valence-corrected chi connectivity index (χ2v) is 7.93. The van der Waals surface area contributed by atoms with E-state index < -0.39 is 11.8 Å². The fourth-order valence-electron chi connectivity index (χ4n) is 3.60. The SMILES string of the molecule is CCOc1cc(C=C2C(=O)NN(c3ccccc3)C2=O)cc(Cl)c1OCC(=O)N1CCOCC1. The highest BCUT2D eigenvalue weighted by Gasteiger charge is 2.34. The summed E-state index contributed by atoms with van der Waals surface area (Å²) in [6.07, 6.45) is 1.44. The topological polar surface area (TPSA) is 97.4 Å². The largest absolute Gasteiger partial charge is 0.490 e. The van der Waals surface area contributed by atoms with Gasteiger partial charge in [0.2, 0.25) is 0 Å². The van der Waals surface area contributed by atoms with Crippen LogP contribution in [0.3, 0.4) is 0 Å². The molecule has 2 heterocycles. The third-order valence-corrected chi connectivity index (χ3v) is 5.53. The van der Waals surface area contributed by atoms with Gasteiger partial charge in [-0.15, -0.1) is 0 Å². The smallest absolute Gasteiger partial charge is 0.282 e. The first-order valence-electron chi connectivity index (χ1n) is 10.8. The van der Waals surface area contributed by atoms with E-state index in [-0.39, 0.29) is 28.9 Å². The monoisotopic (exact) mass is 485 g/mol. The van der Waals surface area contributed by atoms with Gasteiger partial charge in [0, 0.05) is 13.1 Å². The normalized spacial score (nSPS) is 17.2. The predicted molar refractivity (Wildman–Crippen MR) is 126 cm³/mol. The average molecular weight is 486 g/mol. The van der Waals surface area contributed by atoms with Crippen molar-refractivity contribution < 1.29 is 28.6 Å². The number of benzene rings is 2. The molecule has 178 valence electrons. The van der Waals surface area contributed by atoms with E-state index in [1.165, 1.54) is 11.1 Å². The Bertz CT molecular complexity index is 1120. The van der Waals surface area contributed by atoms with Crippen molar-refractivity contribution in [3.05, 3.63) is 58.6 Å². The van der Waals surface area contributed by atoms with E-state index in [4.69, 9.17) is 25.8 Å². The van der Waals surface area contributed by atoms with Gasteiger partial charge in [-0.2, -0.15) is 0 Å². The minimum atomic E-state index is -0.528. The lowest BCUT2D eigenvalue weighted by atomic mass is 10.1. The minimum absolute atomic E-state index is 0.0430. The van der Waals surface area contributed by atoms with Gasteiger partial charge in [0.25, 0.3) is 17.7 Å². The molecule has 3 amide bonds. The van der Waals surface area contributed by atoms with Crippen molar-refractivity contribution in [3.8, 4) is 11.5 Å². The Hall–Kier alpha value is -3.56. The first-order valence-corrected chi connectivity index (χ1v) is 11.2. The van der Waals surface area contributed by atoms with Gasteiger partial charge >= 0.3 is 0 Å². The molecule has 0 aliphatic carbocycles. The van der Waals surface area contributed by atoms with Crippen LogP contribution in [0.15, 0.2) is 48.0 Å². The predicted octanol–water partition coefficient (Wildman–Crippen LogP) is 2.44. The van der Waals surface area contributed by atoms with Crippen LogP contribution in [0.5, 0.6) is 11.5 Å². The summed E-state index contributed by atoms with van der Waals surface area (Å²) < 4.78 is 16.6. The molecule has 2 aliphatic rings. The quantitative estimate of drug-likeness (QED) is 0.478. The van der Waals surface area contributed by atoms with E-state index in [2.05, 4.69) is 5.43 Å². The molecular weight excluding hydrogens is 462 g/mol. The lowest BCUT2D eigenvalue weighted by Crippen LogP contribution is -2.43. The number of rotatable bonds is 7. The van der Waals surface area contributed by atoms with E-state index in [9.17, 15) is 14.4 Å². The number of anilines is 1. The van der Waals surface area contributed by atoms with Crippen molar-refractivity contribution in [2.75, 3.05) is 44.5 Å². The van der Waals surface area contributed by atoms with Gasteiger partial charge in [0.15, 0.2) is 18.1 Å². The second-order valence-electron chi connectivity index (χ2n) is 7.52. The Labute approximate surface area is 201 Å². The average Bonchev–Trinajstić information content (AvgIpc) is 3.13. The summed E-state index contributed by atoms with van der Waals surface area (Å²) in [7, 11) is 0. The summed E-state index contributed by atoms with van der Waals surface area (Å²) in [5.74, 6) is -0.661. The molecule has 9 nitrogen and oxygen atoms in total. The second kappa shape index (κ2) is 10.6. The Kier molecular flexibility index (Phi) is 7.34. The van der Waals surface area contributed by atoms with Gasteiger partial charge in [-0.3, -0.25) is 19.8 Å². The molecule has 10 heteroatoms. The van der Waals surface area contributed by atoms with Crippen LogP contribution in [-0.2, 0) is 19.1 Å². The lowest BCUT2D eigenvalue weighted by Gasteiger charge is -2.27. The number of hydrogen-bond acceptors (Lipinski definition) is 6. The Balaban J connectivity index is 1.55. The highest BCUT2D eigenvalue weighted by molar-refractivity contribution is 6.33. The first kappa shape index (κ1) is 23.6. The highest BCUT2D eigenvalue weighted by Crippen LogP contribution is 2.37. The summed E-state index contributed by atoms with van der Waals surface area (Å²) in [4.78, 5) is 39.4. The van der Waals surface area contributed by atoms with Crippen LogP contribution in [0.1, 0.15) is 12.5 Å². The fraction of sp³-hybridized carbons (Fsp3) is 0.292. The van der Waals surface area contributed by atoms with E-state index in [0.29, 0.717) is 49.9 Å². The number of ether oxygens (including phenoxy) is 3. The van der Waals surface area contributed by atoms with Crippen LogP contribution in [0.4, 0.5) is 5.69 Å². The molecule has 0 aromatic heterocycles. The van der Waals surface area contributed by atoms with Crippen molar-refractivity contribution in [1.82, 2.24) is 10.3 Å². The van der Waals surface area contributed by atoms with Crippen LogP contribution >= 0.6 is 11.6 Å². The van der Waals surface area contributed by atoms with Crippen LogP contribution < -0.4 is 19.9 Å². The summed E-state index contributed by atoms with van der Waals surface area (Å²) >= 11 is 6.45. The Morgan fingerprint density at radius 1 is 1.15 bits per heavy atom. The Morgan fingerprint density at radius 3 is 2.59 bits per heavy atom. The summed E-state index contributed by atoms with van der Waals surface area (Å²) in [5.41, 5.74) is 3.54. The number of amides is 3. The summed E-state index contributed by atoms with van der Waals surface area (Å²) in [6.45, 7) is 3.93. The minimum Gasteiger partial charge on any atom is -0.490 e. The van der Waals surface area contributed by atoms with Crippen LogP contribution in [0, 0.1) is 0 Å². The third-order valence-electron chi connectivity index (χ3n) is 5.25. The van der Waals surface area contributed by atoms with E-state index in [1.807, 2.05) is 6.07 Å². The van der Waals surface area contributed by atoms with E-state index in [1.54, 1.807) is 48.2 Å². The number of carbonyl (C=O) groups is 3. The molecule has 2 aromatic carbocycles. The van der Waals surface area contributed by atoms with Gasteiger partial charge < -0.3 is 19.1 Å². The van der Waals surface area contributed by atoms with Gasteiger partial charge in [-0.1, -0.05) is 29.8 Å². The fourth-order valence-corrected chi connectivity index (χ4v) is 3.87. The van der Waals surface area contributed by atoms with Gasteiger partial charge in [-0.05, 0) is 42.8 Å². The van der Waals surface area contributed by atoms with Gasteiger partial charge in [-0.25, -0.2) is 5.01 Å². The number of halogens is 1. The number of morpholine rings is 1. The van der Waals surface area contributed by atoms with Crippen molar-refractivity contribution in [1.29, 1.82) is 0 Å². The zero-order valence-electron chi connectivity index (χ0n) is 18.6. The molecular formula is C24H24ClN3O6. The third kappa shape index (κ3) is 5.16. The molecule has 0 atom stereocenters. The maximum Gasteiger partial charge on any atom is 0.282 e. The number of hydrazine groups is 1. The molecule has 4 rings (SSSR count). The van der Waals surface area contributed by atoms with Crippen molar-refractivity contribution >= 4 is 41.1 Å². The number of nitrogens with zero attached hydrogens (tertiary/aromatic N) is 2. The highest BCUT2D eigenvalue weighted by atomic mass is 35.5. The standard InChI is InChI=1S/C24H24ClN3O6/c1-2-33-20-14-16(12-18-23(30)26-28(24(18)31)17-6-4-3-5-7-17)13-19(25)22(20)34-15-21(29)27-8-10-32-11-9-27/h3-7,12-14H,2,8-11,15H2,1H3,(H,26,30). The molecule has 2 aliphatic heterocycles. The lowest BCUT2D eigenvalue weighted by molar-refractivity contribution is -0.137. The van der Waals surface area contributed by atoms with E-state index >= 15 is 0 Å². The molecule has 0 unspecified atom stereocenters. The molecule has 0 saturated carbocycles. The van der Waals surface area contributed by atoms with Crippen molar-refractivity contribution in [3.63, 3.8) is 0 Å². The number of para-hydroxylation sites is 1. The van der Waals surface area contributed by atoms with Crippen LogP contribution in [-0.4, -0.2) is 62.1 Å². The van der Waals surface area contributed by atoms with Gasteiger partial charge in [0.05, 0.1) is 30.5 Å². The van der Waals surface area contributed by atoms with Gasteiger partial charge in [0.1, 0.15) is 5.57 Å². The maximum atomic E-state index is 12.8. The molecule has 34 heavy (non-hydrogen) atoms. The number of carbonyl (C=O) groups excluding carboxylic acids is 3. The van der Waals surface area contributed by atoms with Crippen molar-refractivity contribution in [2.24, 2.45) is 0 Å². The number of hydrogen-bond donors (Lipinski definition) is 1. The molecule has 1 N–H and O–H groups in total. The first-order chi connectivity index (χ1) is 16.5. The zero-order chi connectivity index (χ0) is 24.1. The van der Waals surface area contributed by atoms with Crippen molar-refractivity contribution in [2.45, 2.75) is 6.92 Å². The maximum absolute atomic E-state index is 12.8. The van der Waals surface area contributed by atoms with E-state index in [0.717, 1.165) is 0 Å². The van der Waals surface area contributed by atoms with Crippen LogP contribution in [0.2, 0.25) is 5.02 Å². The Morgan fingerprint density at radius 2 is 1.88 bits per heavy atom. The molecule has 2 saturated heterocycles. The summed E-state index contributed by atoms with van der Waals surface area (Å²) in [5, 5.41) is 1.38. The number of nitrogens with one attached hydrogen (secondary N) is 1. The molecule has 2 aromatic rings. The molecule has 0 bridgehead atoms. The zero-order valence-corrected chi connectivity index (χ0v) is 19.3.